The molecule has 1 fully saturated rings. The highest BCUT2D eigenvalue weighted by Crippen LogP contribution is 2.27. The van der Waals surface area contributed by atoms with Crippen LogP contribution in [0.1, 0.15) is 19.8 Å². The van der Waals surface area contributed by atoms with Crippen LogP contribution in [-0.2, 0) is 4.79 Å². The fourth-order valence-corrected chi connectivity index (χ4v) is 3.70. The first-order valence-corrected chi connectivity index (χ1v) is 7.90. The van der Waals surface area contributed by atoms with Gasteiger partial charge in [-0.05, 0) is 37.4 Å². The number of nitrogens with two attached hydrogens (primary N) is 1. The van der Waals surface area contributed by atoms with Crippen LogP contribution in [0.3, 0.4) is 0 Å². The number of primary amides is 1. The van der Waals surface area contributed by atoms with E-state index in [1.54, 1.807) is 0 Å². The van der Waals surface area contributed by atoms with Gasteiger partial charge < -0.3 is 5.73 Å². The van der Waals surface area contributed by atoms with E-state index in [0.29, 0.717) is 5.92 Å². The summed E-state index contributed by atoms with van der Waals surface area (Å²) in [6.07, 6.45) is 1.98. The molecule has 104 valence electrons. The molecule has 0 bridgehead atoms. The zero-order valence-electron chi connectivity index (χ0n) is 11.4. The van der Waals surface area contributed by atoms with E-state index in [1.165, 1.54) is 11.3 Å². The molecule has 0 aromatic heterocycles. The van der Waals surface area contributed by atoms with Crippen LogP contribution in [0.2, 0.25) is 0 Å². The van der Waals surface area contributed by atoms with Gasteiger partial charge in [-0.25, -0.2) is 0 Å². The van der Waals surface area contributed by atoms with Crippen molar-refractivity contribution in [2.24, 2.45) is 11.7 Å². The van der Waals surface area contributed by atoms with E-state index in [-0.39, 0.29) is 11.9 Å². The maximum Gasteiger partial charge on any atom is 0.234 e. The number of nitrogens with zero attached hydrogens (tertiary/aromatic N) is 1. The van der Waals surface area contributed by atoms with Gasteiger partial charge in [0.25, 0.3) is 0 Å². The van der Waals surface area contributed by atoms with Crippen LogP contribution in [0.15, 0.2) is 35.2 Å². The second kappa shape index (κ2) is 6.96. The molecule has 0 radical (unpaired) electrons. The van der Waals surface area contributed by atoms with E-state index in [2.05, 4.69) is 29.2 Å². The minimum atomic E-state index is -0.182. The third-order valence-electron chi connectivity index (χ3n) is 3.70. The Morgan fingerprint density at radius 1 is 1.47 bits per heavy atom. The number of carbonyl (C=O) groups excluding carboxylic acids is 1. The zero-order chi connectivity index (χ0) is 13.7. The molecule has 0 saturated carbocycles. The normalized spacial score (nSPS) is 21.4. The van der Waals surface area contributed by atoms with Crippen LogP contribution in [0.5, 0.6) is 0 Å². The van der Waals surface area contributed by atoms with Gasteiger partial charge in [0.05, 0.1) is 6.04 Å². The first-order chi connectivity index (χ1) is 9.20. The van der Waals surface area contributed by atoms with E-state index in [4.69, 9.17) is 5.73 Å². The molecule has 0 spiro atoms. The number of benzene rings is 1. The highest BCUT2D eigenvalue weighted by atomic mass is 32.2. The van der Waals surface area contributed by atoms with Gasteiger partial charge in [-0.15, -0.1) is 11.8 Å². The number of thioether (sulfide) groups is 1. The molecule has 19 heavy (non-hydrogen) atoms. The average Bonchev–Trinajstić information content (AvgIpc) is 2.87. The third kappa shape index (κ3) is 3.98. The standard InChI is InChI=1S/C15H22N2OS/c1-2-14(15(16)18)17-9-8-12(10-17)11-19-13-6-4-3-5-7-13/h3-7,12,14H,2,8-11H2,1H3,(H2,16,18). The average molecular weight is 278 g/mol. The Morgan fingerprint density at radius 2 is 2.21 bits per heavy atom. The molecule has 2 atom stereocenters. The Hall–Kier alpha value is -1.00. The largest absolute Gasteiger partial charge is 0.368 e. The van der Waals surface area contributed by atoms with Gasteiger partial charge in [0.15, 0.2) is 0 Å². The Labute approximate surface area is 119 Å². The summed E-state index contributed by atoms with van der Waals surface area (Å²) in [4.78, 5) is 14.9. The van der Waals surface area contributed by atoms with Gasteiger partial charge in [-0.1, -0.05) is 25.1 Å². The molecule has 1 aromatic rings. The molecular weight excluding hydrogens is 256 g/mol. The van der Waals surface area contributed by atoms with Crippen molar-refractivity contribution in [2.75, 3.05) is 18.8 Å². The van der Waals surface area contributed by atoms with Gasteiger partial charge in [-0.3, -0.25) is 9.69 Å². The molecule has 1 aromatic carbocycles. The van der Waals surface area contributed by atoms with E-state index < -0.39 is 0 Å². The summed E-state index contributed by atoms with van der Waals surface area (Å²) in [5.41, 5.74) is 5.45. The molecule has 1 amide bonds. The van der Waals surface area contributed by atoms with Crippen molar-refractivity contribution in [3.05, 3.63) is 30.3 Å². The third-order valence-corrected chi connectivity index (χ3v) is 4.95. The number of rotatable bonds is 6. The summed E-state index contributed by atoms with van der Waals surface area (Å²) < 4.78 is 0. The topological polar surface area (TPSA) is 46.3 Å². The SMILES string of the molecule is CCC(C(N)=O)N1CCC(CSc2ccccc2)C1. The van der Waals surface area contributed by atoms with Crippen molar-refractivity contribution in [3.8, 4) is 0 Å². The second-order valence-corrected chi connectivity index (χ2v) is 6.19. The molecular formula is C15H22N2OS. The molecule has 2 unspecified atom stereocenters. The zero-order valence-corrected chi connectivity index (χ0v) is 12.2. The predicted octanol–water partition coefficient (Wildman–Crippen LogP) is 2.36. The maximum absolute atomic E-state index is 11.4. The number of hydrogen-bond acceptors (Lipinski definition) is 3. The molecule has 2 N–H and O–H groups in total. The van der Waals surface area contributed by atoms with Crippen molar-refractivity contribution in [3.63, 3.8) is 0 Å². The summed E-state index contributed by atoms with van der Waals surface area (Å²) in [6.45, 7) is 4.03. The van der Waals surface area contributed by atoms with E-state index in [1.807, 2.05) is 24.8 Å². The van der Waals surface area contributed by atoms with Crippen LogP contribution in [0, 0.1) is 5.92 Å². The van der Waals surface area contributed by atoms with E-state index in [0.717, 1.165) is 25.3 Å². The minimum absolute atomic E-state index is 0.0771. The maximum atomic E-state index is 11.4. The Balaban J connectivity index is 1.80. The van der Waals surface area contributed by atoms with Gasteiger partial charge in [-0.2, -0.15) is 0 Å². The highest BCUT2D eigenvalue weighted by molar-refractivity contribution is 7.99. The molecule has 4 heteroatoms. The van der Waals surface area contributed by atoms with Crippen molar-refractivity contribution < 1.29 is 4.79 Å². The number of likely N-dealkylation sites (tertiary alicyclic amines) is 1. The molecule has 1 saturated heterocycles. The summed E-state index contributed by atoms with van der Waals surface area (Å²) in [5, 5.41) is 0. The molecule has 0 aliphatic carbocycles. The minimum Gasteiger partial charge on any atom is -0.368 e. The van der Waals surface area contributed by atoms with Crippen LogP contribution in [0.4, 0.5) is 0 Å². The fraction of sp³-hybridized carbons (Fsp3) is 0.533. The molecule has 2 rings (SSSR count). The Kier molecular flexibility index (Phi) is 5.28. The first-order valence-electron chi connectivity index (χ1n) is 6.92. The first kappa shape index (κ1) is 14.4. The van der Waals surface area contributed by atoms with E-state index >= 15 is 0 Å². The lowest BCUT2D eigenvalue weighted by Gasteiger charge is -2.23. The number of carbonyl (C=O) groups is 1. The molecule has 1 aliphatic heterocycles. The fourth-order valence-electron chi connectivity index (χ4n) is 2.65. The van der Waals surface area contributed by atoms with Crippen molar-refractivity contribution in [2.45, 2.75) is 30.7 Å². The summed E-state index contributed by atoms with van der Waals surface area (Å²) in [6, 6.07) is 10.4. The summed E-state index contributed by atoms with van der Waals surface area (Å²) in [5.74, 6) is 1.60. The van der Waals surface area contributed by atoms with Crippen LogP contribution in [-0.4, -0.2) is 35.7 Å². The lowest BCUT2D eigenvalue weighted by atomic mass is 10.1. The lowest BCUT2D eigenvalue weighted by molar-refractivity contribution is -0.123. The van der Waals surface area contributed by atoms with Gasteiger partial charge >= 0.3 is 0 Å². The predicted molar refractivity (Wildman–Crippen MR) is 80.1 cm³/mol. The van der Waals surface area contributed by atoms with Gasteiger partial charge in [0, 0.05) is 17.2 Å². The van der Waals surface area contributed by atoms with Crippen LogP contribution < -0.4 is 5.73 Å². The highest BCUT2D eigenvalue weighted by Gasteiger charge is 2.29. The lowest BCUT2D eigenvalue weighted by Crippen LogP contribution is -2.43. The van der Waals surface area contributed by atoms with Crippen molar-refractivity contribution in [1.82, 2.24) is 4.90 Å². The summed E-state index contributed by atoms with van der Waals surface area (Å²) in [7, 11) is 0. The Bertz CT molecular complexity index is 410. The van der Waals surface area contributed by atoms with Gasteiger partial charge in [0.1, 0.15) is 0 Å². The smallest absolute Gasteiger partial charge is 0.234 e. The second-order valence-electron chi connectivity index (χ2n) is 5.10. The molecule has 3 nitrogen and oxygen atoms in total. The van der Waals surface area contributed by atoms with Crippen molar-refractivity contribution >= 4 is 17.7 Å². The van der Waals surface area contributed by atoms with Crippen LogP contribution in [0.25, 0.3) is 0 Å². The monoisotopic (exact) mass is 278 g/mol. The quantitative estimate of drug-likeness (QED) is 0.813. The van der Waals surface area contributed by atoms with E-state index in [9.17, 15) is 4.79 Å². The Morgan fingerprint density at radius 3 is 2.84 bits per heavy atom. The number of hydrogen-bond donors (Lipinski definition) is 1. The number of amides is 1. The molecule has 1 aliphatic rings. The van der Waals surface area contributed by atoms with Gasteiger partial charge in [0.2, 0.25) is 5.91 Å². The molecule has 1 heterocycles. The van der Waals surface area contributed by atoms with Crippen molar-refractivity contribution in [1.29, 1.82) is 0 Å². The summed E-state index contributed by atoms with van der Waals surface area (Å²) >= 11 is 1.90. The van der Waals surface area contributed by atoms with Crippen LogP contribution >= 0.6 is 11.8 Å².